The van der Waals surface area contributed by atoms with Crippen LogP contribution in [0.3, 0.4) is 0 Å². The molecule has 0 saturated heterocycles. The fourth-order valence-electron chi connectivity index (χ4n) is 2.62. The van der Waals surface area contributed by atoms with Gasteiger partial charge in [0, 0.05) is 36.4 Å². The average Bonchev–Trinajstić information content (AvgIpc) is 2.34. The zero-order valence-electron chi connectivity index (χ0n) is 13.5. The van der Waals surface area contributed by atoms with Crippen LogP contribution in [0.25, 0.3) is 0 Å². The monoisotopic (exact) mass is 310 g/mol. The SMILES string of the molecule is CN(CC1CC(O)C1)c1ccc(CNC(C)(C)C)c(Cl)c1. The first-order valence-electron chi connectivity index (χ1n) is 7.67. The van der Waals surface area contributed by atoms with Crippen LogP contribution >= 0.6 is 11.6 Å². The third-order valence-electron chi connectivity index (χ3n) is 4.03. The molecule has 0 atom stereocenters. The maximum atomic E-state index is 9.36. The van der Waals surface area contributed by atoms with E-state index < -0.39 is 0 Å². The fraction of sp³-hybridized carbons (Fsp3) is 0.647. The van der Waals surface area contributed by atoms with Gasteiger partial charge in [0.2, 0.25) is 0 Å². The van der Waals surface area contributed by atoms with Gasteiger partial charge in [0.05, 0.1) is 6.10 Å². The Bertz CT molecular complexity index is 478. The summed E-state index contributed by atoms with van der Waals surface area (Å²) in [6.45, 7) is 8.20. The number of aliphatic hydroxyl groups excluding tert-OH is 1. The molecule has 3 nitrogen and oxygen atoms in total. The normalized spacial score (nSPS) is 22.0. The smallest absolute Gasteiger partial charge is 0.0546 e. The molecule has 0 unspecified atom stereocenters. The van der Waals surface area contributed by atoms with Crippen LogP contribution in [0.5, 0.6) is 0 Å². The van der Waals surface area contributed by atoms with Crippen molar-refractivity contribution in [2.45, 2.75) is 51.8 Å². The van der Waals surface area contributed by atoms with E-state index in [2.05, 4.69) is 50.2 Å². The number of nitrogens with one attached hydrogen (secondary N) is 1. The van der Waals surface area contributed by atoms with Crippen molar-refractivity contribution >= 4 is 17.3 Å². The molecule has 118 valence electrons. The maximum absolute atomic E-state index is 9.36. The van der Waals surface area contributed by atoms with Gasteiger partial charge in [-0.1, -0.05) is 17.7 Å². The van der Waals surface area contributed by atoms with Crippen LogP contribution in [0.4, 0.5) is 5.69 Å². The Morgan fingerprint density at radius 1 is 1.33 bits per heavy atom. The van der Waals surface area contributed by atoms with Crippen molar-refractivity contribution in [1.82, 2.24) is 5.32 Å². The molecule has 0 aromatic heterocycles. The highest BCUT2D eigenvalue weighted by Crippen LogP contribution is 2.30. The zero-order chi connectivity index (χ0) is 15.6. The quantitative estimate of drug-likeness (QED) is 0.874. The van der Waals surface area contributed by atoms with Crippen LogP contribution in [0.15, 0.2) is 18.2 Å². The Hall–Kier alpha value is -0.770. The highest BCUT2D eigenvalue weighted by molar-refractivity contribution is 6.31. The third-order valence-corrected chi connectivity index (χ3v) is 4.38. The van der Waals surface area contributed by atoms with E-state index in [0.717, 1.165) is 42.2 Å². The Labute approximate surface area is 133 Å². The van der Waals surface area contributed by atoms with Crippen LogP contribution in [-0.4, -0.2) is 30.3 Å². The van der Waals surface area contributed by atoms with Gasteiger partial charge in [-0.3, -0.25) is 0 Å². The van der Waals surface area contributed by atoms with Crippen molar-refractivity contribution < 1.29 is 5.11 Å². The molecule has 1 aromatic carbocycles. The number of nitrogens with zero attached hydrogens (tertiary/aromatic N) is 1. The van der Waals surface area contributed by atoms with E-state index in [4.69, 9.17) is 11.6 Å². The van der Waals surface area contributed by atoms with Gasteiger partial charge in [0.25, 0.3) is 0 Å². The van der Waals surface area contributed by atoms with Gasteiger partial charge in [0.1, 0.15) is 0 Å². The summed E-state index contributed by atoms with van der Waals surface area (Å²) in [4.78, 5) is 2.23. The molecule has 0 spiro atoms. The van der Waals surface area contributed by atoms with Crippen LogP contribution in [0, 0.1) is 5.92 Å². The second-order valence-corrected chi connectivity index (χ2v) is 7.66. The van der Waals surface area contributed by atoms with Crippen molar-refractivity contribution in [1.29, 1.82) is 0 Å². The average molecular weight is 311 g/mol. The summed E-state index contributed by atoms with van der Waals surface area (Å²) in [6.07, 6.45) is 1.76. The minimum Gasteiger partial charge on any atom is -0.393 e. The number of benzene rings is 1. The molecule has 1 saturated carbocycles. The summed E-state index contributed by atoms with van der Waals surface area (Å²) in [5, 5.41) is 13.6. The van der Waals surface area contributed by atoms with E-state index in [0.29, 0.717) is 5.92 Å². The van der Waals surface area contributed by atoms with Gasteiger partial charge >= 0.3 is 0 Å². The minimum absolute atomic E-state index is 0.0853. The summed E-state index contributed by atoms with van der Waals surface area (Å²) >= 11 is 6.40. The lowest BCUT2D eigenvalue weighted by molar-refractivity contribution is 0.0465. The molecule has 21 heavy (non-hydrogen) atoms. The molecule has 0 amide bonds. The Morgan fingerprint density at radius 3 is 2.52 bits per heavy atom. The van der Waals surface area contributed by atoms with E-state index in [1.54, 1.807) is 0 Å². The molecule has 1 aromatic rings. The lowest BCUT2D eigenvalue weighted by Gasteiger charge is -2.35. The lowest BCUT2D eigenvalue weighted by atomic mass is 9.82. The molecule has 0 heterocycles. The second-order valence-electron chi connectivity index (χ2n) is 7.25. The summed E-state index contributed by atoms with van der Waals surface area (Å²) in [5.74, 6) is 0.603. The second kappa shape index (κ2) is 6.55. The lowest BCUT2D eigenvalue weighted by Crippen LogP contribution is -2.37. The van der Waals surface area contributed by atoms with Gasteiger partial charge in [-0.25, -0.2) is 0 Å². The number of rotatable bonds is 5. The predicted molar refractivity (Wildman–Crippen MR) is 90.0 cm³/mol. The fourth-order valence-corrected chi connectivity index (χ4v) is 2.86. The van der Waals surface area contributed by atoms with Crippen molar-refractivity contribution in [3.8, 4) is 0 Å². The number of anilines is 1. The first-order valence-corrected chi connectivity index (χ1v) is 8.05. The predicted octanol–water partition coefficient (Wildman–Crippen LogP) is 3.44. The van der Waals surface area contributed by atoms with Crippen LogP contribution in [0.2, 0.25) is 5.02 Å². The molecule has 1 aliphatic rings. The maximum Gasteiger partial charge on any atom is 0.0546 e. The van der Waals surface area contributed by atoms with Crippen molar-refractivity contribution in [3.05, 3.63) is 28.8 Å². The highest BCUT2D eigenvalue weighted by Gasteiger charge is 2.28. The molecular formula is C17H27ClN2O. The molecular weight excluding hydrogens is 284 g/mol. The van der Waals surface area contributed by atoms with E-state index in [1.165, 1.54) is 0 Å². The van der Waals surface area contributed by atoms with E-state index in [1.807, 2.05) is 6.07 Å². The number of hydrogen-bond acceptors (Lipinski definition) is 3. The molecule has 0 aliphatic heterocycles. The van der Waals surface area contributed by atoms with Crippen LogP contribution in [-0.2, 0) is 6.54 Å². The summed E-state index contributed by atoms with van der Waals surface area (Å²) < 4.78 is 0. The van der Waals surface area contributed by atoms with Gasteiger partial charge in [-0.2, -0.15) is 0 Å². The van der Waals surface area contributed by atoms with Gasteiger partial charge < -0.3 is 15.3 Å². The standard InChI is InChI=1S/C17H27ClN2O/c1-17(2,3)19-10-13-5-6-14(9-16(13)18)20(4)11-12-7-15(21)8-12/h5-6,9,12,15,19,21H,7-8,10-11H2,1-4H3. The summed E-state index contributed by atoms with van der Waals surface area (Å²) in [7, 11) is 2.09. The number of aliphatic hydroxyl groups is 1. The molecule has 0 bridgehead atoms. The topological polar surface area (TPSA) is 35.5 Å². The van der Waals surface area contributed by atoms with Gasteiger partial charge in [0.15, 0.2) is 0 Å². The van der Waals surface area contributed by atoms with Crippen molar-refractivity contribution in [3.63, 3.8) is 0 Å². The van der Waals surface area contributed by atoms with E-state index in [9.17, 15) is 5.11 Å². The molecule has 2 rings (SSSR count). The molecule has 0 radical (unpaired) electrons. The Balaban J connectivity index is 1.94. The molecule has 2 N–H and O–H groups in total. The van der Waals surface area contributed by atoms with Gasteiger partial charge in [-0.15, -0.1) is 0 Å². The summed E-state index contributed by atoms with van der Waals surface area (Å²) in [6, 6.07) is 6.26. The van der Waals surface area contributed by atoms with Crippen molar-refractivity contribution in [2.24, 2.45) is 5.92 Å². The highest BCUT2D eigenvalue weighted by atomic mass is 35.5. The number of hydrogen-bond donors (Lipinski definition) is 2. The Morgan fingerprint density at radius 2 is 2.00 bits per heavy atom. The van der Waals surface area contributed by atoms with Crippen molar-refractivity contribution in [2.75, 3.05) is 18.5 Å². The van der Waals surface area contributed by atoms with E-state index in [-0.39, 0.29) is 11.6 Å². The first-order chi connectivity index (χ1) is 9.74. The molecule has 1 aliphatic carbocycles. The van der Waals surface area contributed by atoms with E-state index >= 15 is 0 Å². The zero-order valence-corrected chi connectivity index (χ0v) is 14.2. The molecule has 4 heteroatoms. The summed E-state index contributed by atoms with van der Waals surface area (Å²) in [5.41, 5.74) is 2.35. The number of halogens is 1. The largest absolute Gasteiger partial charge is 0.393 e. The first kappa shape index (κ1) is 16.6. The van der Waals surface area contributed by atoms with Crippen LogP contribution in [0.1, 0.15) is 39.2 Å². The van der Waals surface area contributed by atoms with Gasteiger partial charge in [-0.05, 0) is 57.2 Å². The minimum atomic E-state index is -0.0853. The third kappa shape index (κ3) is 4.87. The van der Waals surface area contributed by atoms with Crippen LogP contribution < -0.4 is 10.2 Å². The molecule has 1 fully saturated rings. The Kier molecular flexibility index (Phi) is 5.18.